The zero-order valence-corrected chi connectivity index (χ0v) is 17.9. The van der Waals surface area contributed by atoms with Gasteiger partial charge >= 0.3 is 0 Å². The number of nitrogens with one attached hydrogen (secondary N) is 1. The molecule has 0 radical (unpaired) electrons. The predicted molar refractivity (Wildman–Crippen MR) is 126 cm³/mol. The third kappa shape index (κ3) is 3.55. The van der Waals surface area contributed by atoms with Gasteiger partial charge < -0.3 is 19.2 Å². The van der Waals surface area contributed by atoms with Gasteiger partial charge in [0.2, 0.25) is 0 Å². The first-order chi connectivity index (χ1) is 14.8. The SMILES string of the molecule is COc1ccc2c(ccn2CCCCc2c[nH]c3ccccc23)c1N1CCCCC1. The minimum absolute atomic E-state index is 1.00. The van der Waals surface area contributed by atoms with Crippen LogP contribution in [0.5, 0.6) is 5.75 Å². The Morgan fingerprint density at radius 1 is 0.933 bits per heavy atom. The van der Waals surface area contributed by atoms with E-state index in [1.807, 2.05) is 0 Å². The predicted octanol–water partition coefficient (Wildman–Crippen LogP) is 6.14. The van der Waals surface area contributed by atoms with Crippen molar-refractivity contribution in [3.8, 4) is 5.75 Å². The van der Waals surface area contributed by atoms with Gasteiger partial charge in [-0.05, 0) is 68.4 Å². The molecule has 4 heteroatoms. The van der Waals surface area contributed by atoms with E-state index < -0.39 is 0 Å². The largest absolute Gasteiger partial charge is 0.495 e. The van der Waals surface area contributed by atoms with Gasteiger partial charge in [0.25, 0.3) is 0 Å². The standard InChI is InChI=1S/C26H31N3O/c1-30-25-13-12-24-22(26(25)29-16-6-2-7-17-29)14-18-28(24)15-8-5-9-20-19-27-23-11-4-3-10-21(20)23/h3-4,10-14,18-19,27H,2,5-9,15-17H2,1H3. The van der Waals surface area contributed by atoms with E-state index in [1.54, 1.807) is 7.11 Å². The lowest BCUT2D eigenvalue weighted by atomic mass is 10.1. The summed E-state index contributed by atoms with van der Waals surface area (Å²) in [5.41, 5.74) is 5.28. The van der Waals surface area contributed by atoms with Crippen molar-refractivity contribution >= 4 is 27.5 Å². The van der Waals surface area contributed by atoms with E-state index in [4.69, 9.17) is 4.74 Å². The second-order valence-electron chi connectivity index (χ2n) is 8.42. The van der Waals surface area contributed by atoms with Crippen LogP contribution in [0, 0.1) is 0 Å². The van der Waals surface area contributed by atoms with E-state index in [-0.39, 0.29) is 0 Å². The average molecular weight is 402 g/mol. The molecule has 0 unspecified atom stereocenters. The van der Waals surface area contributed by atoms with Crippen LogP contribution in [-0.2, 0) is 13.0 Å². The lowest BCUT2D eigenvalue weighted by Gasteiger charge is -2.30. The van der Waals surface area contributed by atoms with Crippen LogP contribution in [0.15, 0.2) is 54.9 Å². The van der Waals surface area contributed by atoms with Crippen molar-refractivity contribution in [1.29, 1.82) is 0 Å². The number of piperidine rings is 1. The number of para-hydroxylation sites is 1. The molecule has 1 N–H and O–H groups in total. The first-order valence-corrected chi connectivity index (χ1v) is 11.3. The molecule has 1 aliphatic heterocycles. The highest BCUT2D eigenvalue weighted by molar-refractivity contribution is 5.96. The van der Waals surface area contributed by atoms with Crippen molar-refractivity contribution in [2.24, 2.45) is 0 Å². The molecule has 0 aliphatic carbocycles. The molecule has 4 aromatic rings. The number of aromatic nitrogens is 2. The number of fused-ring (bicyclic) bond motifs is 2. The van der Waals surface area contributed by atoms with Crippen LogP contribution >= 0.6 is 0 Å². The quantitative estimate of drug-likeness (QED) is 0.377. The lowest BCUT2D eigenvalue weighted by molar-refractivity contribution is 0.413. The van der Waals surface area contributed by atoms with Crippen molar-refractivity contribution in [2.75, 3.05) is 25.1 Å². The number of methoxy groups -OCH3 is 1. The average Bonchev–Trinajstić information content (AvgIpc) is 3.41. The smallest absolute Gasteiger partial charge is 0.142 e. The third-order valence-corrected chi connectivity index (χ3v) is 6.55. The minimum atomic E-state index is 1.00. The molecule has 0 amide bonds. The van der Waals surface area contributed by atoms with Gasteiger partial charge in [-0.2, -0.15) is 0 Å². The topological polar surface area (TPSA) is 33.2 Å². The molecular weight excluding hydrogens is 370 g/mol. The molecule has 1 fully saturated rings. The summed E-state index contributed by atoms with van der Waals surface area (Å²) in [4.78, 5) is 5.91. The fraction of sp³-hybridized carbons (Fsp3) is 0.385. The number of nitrogens with zero attached hydrogens (tertiary/aromatic N) is 2. The molecule has 2 aromatic heterocycles. The molecule has 5 rings (SSSR count). The Hall–Kier alpha value is -2.88. The number of hydrogen-bond donors (Lipinski definition) is 1. The van der Waals surface area contributed by atoms with Crippen LogP contribution in [0.1, 0.15) is 37.7 Å². The molecule has 0 saturated carbocycles. The molecule has 0 atom stereocenters. The summed E-state index contributed by atoms with van der Waals surface area (Å²) < 4.78 is 8.15. The number of hydrogen-bond acceptors (Lipinski definition) is 2. The minimum Gasteiger partial charge on any atom is -0.495 e. The summed E-state index contributed by atoms with van der Waals surface area (Å²) in [6.07, 6.45) is 11.8. The van der Waals surface area contributed by atoms with Crippen molar-refractivity contribution < 1.29 is 4.74 Å². The zero-order valence-electron chi connectivity index (χ0n) is 17.9. The Kier molecular flexibility index (Phi) is 5.39. The summed E-state index contributed by atoms with van der Waals surface area (Å²) in [6.45, 7) is 3.31. The summed E-state index contributed by atoms with van der Waals surface area (Å²) in [5, 5.41) is 2.69. The van der Waals surface area contributed by atoms with E-state index in [9.17, 15) is 0 Å². The first-order valence-electron chi connectivity index (χ1n) is 11.3. The van der Waals surface area contributed by atoms with Crippen molar-refractivity contribution in [1.82, 2.24) is 9.55 Å². The summed E-state index contributed by atoms with van der Waals surface area (Å²) in [5.74, 6) is 1.00. The number of H-pyrrole nitrogens is 1. The molecule has 1 aliphatic rings. The van der Waals surface area contributed by atoms with Crippen molar-refractivity contribution in [3.63, 3.8) is 0 Å². The highest BCUT2D eigenvalue weighted by atomic mass is 16.5. The summed E-state index contributed by atoms with van der Waals surface area (Å²) >= 11 is 0. The summed E-state index contributed by atoms with van der Waals surface area (Å²) in [6, 6.07) is 15.2. The van der Waals surface area contributed by atoms with Crippen LogP contribution in [0.4, 0.5) is 5.69 Å². The number of benzene rings is 2. The Morgan fingerprint density at radius 3 is 2.67 bits per heavy atom. The lowest BCUT2D eigenvalue weighted by Crippen LogP contribution is -2.29. The van der Waals surface area contributed by atoms with Gasteiger partial charge in [-0.15, -0.1) is 0 Å². The van der Waals surface area contributed by atoms with Crippen LogP contribution < -0.4 is 9.64 Å². The second kappa shape index (κ2) is 8.47. The highest BCUT2D eigenvalue weighted by Gasteiger charge is 2.19. The van der Waals surface area contributed by atoms with E-state index in [0.29, 0.717) is 0 Å². The number of rotatable bonds is 7. The van der Waals surface area contributed by atoms with E-state index in [1.165, 1.54) is 65.2 Å². The Bertz CT molecular complexity index is 1130. The first kappa shape index (κ1) is 19.1. The Morgan fingerprint density at radius 2 is 1.80 bits per heavy atom. The maximum atomic E-state index is 5.74. The molecule has 3 heterocycles. The van der Waals surface area contributed by atoms with E-state index in [2.05, 4.69) is 69.3 Å². The molecule has 0 spiro atoms. The molecule has 4 nitrogen and oxygen atoms in total. The Balaban J connectivity index is 1.30. The Labute approximate surface area is 178 Å². The van der Waals surface area contributed by atoms with Crippen LogP contribution in [0.25, 0.3) is 21.8 Å². The normalized spacial score (nSPS) is 14.6. The number of aromatic amines is 1. The fourth-order valence-electron chi connectivity index (χ4n) is 4.98. The highest BCUT2D eigenvalue weighted by Crippen LogP contribution is 2.38. The van der Waals surface area contributed by atoms with Gasteiger partial charge in [0.1, 0.15) is 5.75 Å². The molecule has 30 heavy (non-hydrogen) atoms. The zero-order chi connectivity index (χ0) is 20.3. The third-order valence-electron chi connectivity index (χ3n) is 6.55. The van der Waals surface area contributed by atoms with Gasteiger partial charge in [0.15, 0.2) is 0 Å². The number of anilines is 1. The molecular formula is C26H31N3O. The van der Waals surface area contributed by atoms with Gasteiger partial charge in [-0.3, -0.25) is 0 Å². The van der Waals surface area contributed by atoms with Crippen LogP contribution in [0.3, 0.4) is 0 Å². The fourth-order valence-corrected chi connectivity index (χ4v) is 4.98. The van der Waals surface area contributed by atoms with E-state index in [0.717, 1.165) is 31.8 Å². The maximum Gasteiger partial charge on any atom is 0.142 e. The van der Waals surface area contributed by atoms with Gasteiger partial charge in [0, 0.05) is 48.3 Å². The van der Waals surface area contributed by atoms with Gasteiger partial charge in [-0.1, -0.05) is 18.2 Å². The van der Waals surface area contributed by atoms with Gasteiger partial charge in [0.05, 0.1) is 18.3 Å². The van der Waals surface area contributed by atoms with Crippen molar-refractivity contribution in [2.45, 2.75) is 45.1 Å². The monoisotopic (exact) mass is 401 g/mol. The molecule has 156 valence electrons. The maximum absolute atomic E-state index is 5.74. The van der Waals surface area contributed by atoms with E-state index >= 15 is 0 Å². The van der Waals surface area contributed by atoms with Gasteiger partial charge in [-0.25, -0.2) is 0 Å². The summed E-state index contributed by atoms with van der Waals surface area (Å²) in [7, 11) is 1.79. The number of unbranched alkanes of at least 4 members (excludes halogenated alkanes) is 1. The second-order valence-corrected chi connectivity index (χ2v) is 8.42. The van der Waals surface area contributed by atoms with Crippen LogP contribution in [-0.4, -0.2) is 29.8 Å². The molecule has 1 saturated heterocycles. The number of ether oxygens (including phenoxy) is 1. The van der Waals surface area contributed by atoms with Crippen molar-refractivity contribution in [3.05, 3.63) is 60.4 Å². The van der Waals surface area contributed by atoms with Crippen LogP contribution in [0.2, 0.25) is 0 Å². The molecule has 2 aromatic carbocycles. The molecule has 0 bridgehead atoms. The number of aryl methyl sites for hydroxylation is 2.